The third-order valence-electron chi connectivity index (χ3n) is 2.21. The van der Waals surface area contributed by atoms with Gasteiger partial charge in [-0.1, -0.05) is 0 Å². The standard InChI is InChI=1S/C13H15NO4/c1-13(2,17)12(16)10-3-5-11(6-4-10)18-8-7-14-9-15/h3-6,17H,7-8H2,1-2H3. The fourth-order valence-corrected chi connectivity index (χ4v) is 1.31. The van der Waals surface area contributed by atoms with Crippen LogP contribution in [-0.2, 0) is 4.79 Å². The molecule has 0 amide bonds. The van der Waals surface area contributed by atoms with E-state index in [4.69, 9.17) is 4.74 Å². The van der Waals surface area contributed by atoms with Crippen LogP contribution in [0.3, 0.4) is 0 Å². The Kier molecular flexibility index (Phi) is 4.77. The summed E-state index contributed by atoms with van der Waals surface area (Å²) in [6.45, 7) is 3.40. The fourth-order valence-electron chi connectivity index (χ4n) is 1.31. The number of benzene rings is 1. The minimum absolute atomic E-state index is 0.244. The largest absolute Gasteiger partial charge is 0.492 e. The summed E-state index contributed by atoms with van der Waals surface area (Å²) in [7, 11) is 0. The van der Waals surface area contributed by atoms with Crippen LogP contribution in [0.2, 0.25) is 0 Å². The lowest BCUT2D eigenvalue weighted by Crippen LogP contribution is -2.30. The number of hydrogen-bond donors (Lipinski definition) is 1. The summed E-state index contributed by atoms with van der Waals surface area (Å²) in [5.41, 5.74) is -0.970. The first-order chi connectivity index (χ1) is 8.45. The van der Waals surface area contributed by atoms with E-state index in [1.54, 1.807) is 24.3 Å². The molecule has 0 spiro atoms. The van der Waals surface area contributed by atoms with Gasteiger partial charge in [-0.25, -0.2) is 9.79 Å². The minimum atomic E-state index is -1.39. The second-order valence-corrected chi connectivity index (χ2v) is 4.23. The number of isocyanates is 1. The van der Waals surface area contributed by atoms with Crippen molar-refractivity contribution in [1.29, 1.82) is 0 Å². The van der Waals surface area contributed by atoms with Crippen LogP contribution in [0.25, 0.3) is 0 Å². The molecule has 0 saturated carbocycles. The van der Waals surface area contributed by atoms with E-state index in [2.05, 4.69) is 4.99 Å². The van der Waals surface area contributed by atoms with Crippen LogP contribution in [-0.4, -0.2) is 35.7 Å². The molecule has 0 bridgehead atoms. The highest BCUT2D eigenvalue weighted by molar-refractivity contribution is 6.01. The lowest BCUT2D eigenvalue weighted by atomic mass is 9.97. The topological polar surface area (TPSA) is 76.0 Å². The maximum atomic E-state index is 11.7. The van der Waals surface area contributed by atoms with Gasteiger partial charge in [-0.2, -0.15) is 0 Å². The molecule has 1 rings (SSSR count). The van der Waals surface area contributed by atoms with E-state index in [0.29, 0.717) is 11.3 Å². The van der Waals surface area contributed by atoms with Crippen molar-refractivity contribution in [2.45, 2.75) is 19.4 Å². The van der Waals surface area contributed by atoms with Crippen molar-refractivity contribution in [2.24, 2.45) is 4.99 Å². The predicted octanol–water partition coefficient (Wildman–Crippen LogP) is 1.35. The molecular weight excluding hydrogens is 234 g/mol. The highest BCUT2D eigenvalue weighted by Crippen LogP contribution is 2.16. The van der Waals surface area contributed by atoms with E-state index in [-0.39, 0.29) is 18.9 Å². The van der Waals surface area contributed by atoms with Gasteiger partial charge in [0, 0.05) is 5.56 Å². The lowest BCUT2D eigenvalue weighted by molar-refractivity contribution is 0.0488. The van der Waals surface area contributed by atoms with Crippen LogP contribution in [0.1, 0.15) is 24.2 Å². The van der Waals surface area contributed by atoms with Gasteiger partial charge in [0.1, 0.15) is 18.0 Å². The summed E-state index contributed by atoms with van der Waals surface area (Å²) in [4.78, 5) is 24.9. The molecular formula is C13H15NO4. The van der Waals surface area contributed by atoms with Crippen LogP contribution >= 0.6 is 0 Å². The van der Waals surface area contributed by atoms with Gasteiger partial charge in [-0.05, 0) is 38.1 Å². The Morgan fingerprint density at radius 1 is 1.39 bits per heavy atom. The maximum absolute atomic E-state index is 11.7. The zero-order valence-corrected chi connectivity index (χ0v) is 10.3. The summed E-state index contributed by atoms with van der Waals surface area (Å²) in [5.74, 6) is 0.225. The van der Waals surface area contributed by atoms with Crippen molar-refractivity contribution in [3.63, 3.8) is 0 Å². The first-order valence-electron chi connectivity index (χ1n) is 5.49. The number of ketones is 1. The van der Waals surface area contributed by atoms with E-state index in [1.165, 1.54) is 19.9 Å². The van der Waals surface area contributed by atoms with Gasteiger partial charge in [-0.3, -0.25) is 4.79 Å². The summed E-state index contributed by atoms with van der Waals surface area (Å²) in [5, 5.41) is 9.58. The number of nitrogens with zero attached hydrogens (tertiary/aromatic N) is 1. The Bertz CT molecular complexity index is 453. The molecule has 1 aromatic carbocycles. The number of aliphatic imine (C=N–C) groups is 1. The lowest BCUT2D eigenvalue weighted by Gasteiger charge is -2.15. The number of Topliss-reactive ketones (excluding diaryl/α,β-unsaturated/α-hetero) is 1. The second-order valence-electron chi connectivity index (χ2n) is 4.23. The van der Waals surface area contributed by atoms with Crippen molar-refractivity contribution in [3.8, 4) is 5.75 Å². The number of hydrogen-bond acceptors (Lipinski definition) is 5. The van der Waals surface area contributed by atoms with Crippen molar-refractivity contribution in [3.05, 3.63) is 29.8 Å². The van der Waals surface area contributed by atoms with Gasteiger partial charge in [0.25, 0.3) is 0 Å². The van der Waals surface area contributed by atoms with Gasteiger partial charge in [0.15, 0.2) is 5.78 Å². The average molecular weight is 249 g/mol. The fraction of sp³-hybridized carbons (Fsp3) is 0.385. The molecule has 1 aromatic rings. The number of carbonyl (C=O) groups excluding carboxylic acids is 2. The Hall–Kier alpha value is -1.97. The van der Waals surface area contributed by atoms with Crippen LogP contribution < -0.4 is 4.74 Å². The summed E-state index contributed by atoms with van der Waals surface area (Å²) < 4.78 is 5.28. The van der Waals surface area contributed by atoms with E-state index in [1.807, 2.05) is 0 Å². The molecule has 0 aliphatic rings. The van der Waals surface area contributed by atoms with Gasteiger partial charge >= 0.3 is 0 Å². The third kappa shape index (κ3) is 4.13. The number of ether oxygens (including phenoxy) is 1. The summed E-state index contributed by atoms with van der Waals surface area (Å²) in [6, 6.07) is 6.42. The molecule has 0 aromatic heterocycles. The Balaban J connectivity index is 2.63. The molecule has 0 heterocycles. The highest BCUT2D eigenvalue weighted by Gasteiger charge is 2.24. The maximum Gasteiger partial charge on any atom is 0.235 e. The monoisotopic (exact) mass is 249 g/mol. The number of aliphatic hydroxyl groups is 1. The zero-order chi connectivity index (χ0) is 13.6. The SMILES string of the molecule is CC(C)(O)C(=O)c1ccc(OCCN=C=O)cc1. The van der Waals surface area contributed by atoms with Crippen LogP contribution in [0, 0.1) is 0 Å². The average Bonchev–Trinajstić information content (AvgIpc) is 2.33. The first-order valence-corrected chi connectivity index (χ1v) is 5.49. The van der Waals surface area contributed by atoms with Crippen molar-refractivity contribution in [1.82, 2.24) is 0 Å². The molecule has 0 aliphatic carbocycles. The molecule has 96 valence electrons. The van der Waals surface area contributed by atoms with Crippen molar-refractivity contribution < 1.29 is 19.4 Å². The molecule has 0 radical (unpaired) electrons. The molecule has 0 fully saturated rings. The van der Waals surface area contributed by atoms with E-state index >= 15 is 0 Å². The number of rotatable bonds is 6. The first kappa shape index (κ1) is 14.1. The summed E-state index contributed by atoms with van der Waals surface area (Å²) >= 11 is 0. The molecule has 0 saturated heterocycles. The van der Waals surface area contributed by atoms with Crippen LogP contribution in [0.4, 0.5) is 0 Å². The number of carbonyl (C=O) groups is 1. The van der Waals surface area contributed by atoms with Crippen molar-refractivity contribution >= 4 is 11.9 Å². The zero-order valence-electron chi connectivity index (χ0n) is 10.3. The van der Waals surface area contributed by atoms with E-state index < -0.39 is 5.60 Å². The van der Waals surface area contributed by atoms with Crippen LogP contribution in [0.5, 0.6) is 5.75 Å². The smallest absolute Gasteiger partial charge is 0.235 e. The second kappa shape index (κ2) is 6.10. The summed E-state index contributed by atoms with van der Waals surface area (Å²) in [6.07, 6.45) is 1.42. The van der Waals surface area contributed by atoms with Gasteiger partial charge < -0.3 is 9.84 Å². The molecule has 0 aliphatic heterocycles. The Labute approximate surface area is 105 Å². The van der Waals surface area contributed by atoms with Gasteiger partial charge in [0.2, 0.25) is 6.08 Å². The molecule has 5 heteroatoms. The van der Waals surface area contributed by atoms with Gasteiger partial charge in [-0.15, -0.1) is 0 Å². The molecule has 1 N–H and O–H groups in total. The Morgan fingerprint density at radius 2 is 2.00 bits per heavy atom. The van der Waals surface area contributed by atoms with E-state index in [9.17, 15) is 14.7 Å². The third-order valence-corrected chi connectivity index (χ3v) is 2.21. The van der Waals surface area contributed by atoms with E-state index in [0.717, 1.165) is 0 Å². The highest BCUT2D eigenvalue weighted by atomic mass is 16.5. The molecule has 0 atom stereocenters. The normalized spacial score (nSPS) is 10.6. The Morgan fingerprint density at radius 3 is 2.50 bits per heavy atom. The predicted molar refractivity (Wildman–Crippen MR) is 65.6 cm³/mol. The van der Waals surface area contributed by atoms with Crippen LogP contribution in [0.15, 0.2) is 29.3 Å². The minimum Gasteiger partial charge on any atom is -0.492 e. The molecule has 18 heavy (non-hydrogen) atoms. The van der Waals surface area contributed by atoms with Crippen molar-refractivity contribution in [2.75, 3.05) is 13.2 Å². The quantitative estimate of drug-likeness (QED) is 0.357. The van der Waals surface area contributed by atoms with Gasteiger partial charge in [0.05, 0.1) is 6.54 Å². The molecule has 5 nitrogen and oxygen atoms in total. The molecule has 0 unspecified atom stereocenters.